The molecule has 2 aliphatic carbocycles. The average molecular weight is 1110 g/mol. The summed E-state index contributed by atoms with van der Waals surface area (Å²) >= 11 is 0. The van der Waals surface area contributed by atoms with Crippen LogP contribution in [0.15, 0.2) is 23.8 Å². The number of nitrogens with one attached hydrogen (secondary N) is 1. The van der Waals surface area contributed by atoms with Gasteiger partial charge in [-0.3, -0.25) is 4.79 Å². The number of hydrogen-bond acceptors (Lipinski definition) is 14. The number of aliphatic hydroxyl groups is 8. The number of amides is 1. The molecule has 15 nitrogen and oxygen atoms in total. The number of carbonyl (C=O) groups excluding carboxylic acids is 1. The van der Waals surface area contributed by atoms with Crippen molar-refractivity contribution in [2.45, 2.75) is 319 Å². The fourth-order valence-electron chi connectivity index (χ4n) is 11.7. The standard InChI is InChI=1S/C63H115NO14/c1-5-7-9-11-13-15-20-26-32-46-40-48(46)34-28-22-17-18-24-31-37-52(67)61(73)64-50(51(66)36-30-25-19-23-29-35-49-41-47(49)33-27-21-16-14-12-10-8-6-2)43-75-63-60(74-39-38-45(3)4)58(71)56(69)54(78-63)44-76-62-59(72)57(70)55(68)53(42-65)77-62/h18,24,38,46-60,62-63,65-72H,5-17,19-23,25-37,39-44H2,1-4H3,(H,64,73)/b24-18-. The molecular formula is C63H115NO14. The van der Waals surface area contributed by atoms with Crippen LogP contribution in [0.3, 0.4) is 0 Å². The molecule has 9 N–H and O–H groups in total. The Morgan fingerprint density at radius 2 is 1.04 bits per heavy atom. The molecule has 2 saturated heterocycles. The molecule has 2 heterocycles. The van der Waals surface area contributed by atoms with Crippen LogP contribution in [-0.2, 0) is 28.5 Å². The Labute approximate surface area is 472 Å². The Hall–Kier alpha value is -1.57. The second-order valence-corrected chi connectivity index (χ2v) is 24.4. The minimum atomic E-state index is -1.70. The van der Waals surface area contributed by atoms with Crippen LogP contribution < -0.4 is 5.32 Å². The van der Waals surface area contributed by atoms with Gasteiger partial charge in [-0.25, -0.2) is 0 Å². The summed E-state index contributed by atoms with van der Waals surface area (Å²) in [6.45, 7) is 6.92. The summed E-state index contributed by atoms with van der Waals surface area (Å²) in [5.41, 5.74) is 0.951. The Morgan fingerprint density at radius 1 is 0.551 bits per heavy atom. The molecule has 0 aromatic heterocycles. The van der Waals surface area contributed by atoms with E-state index in [0.29, 0.717) is 12.8 Å². The largest absolute Gasteiger partial charge is 0.394 e. The van der Waals surface area contributed by atoms with Gasteiger partial charge < -0.3 is 69.9 Å². The van der Waals surface area contributed by atoms with Crippen molar-refractivity contribution < 1.29 is 69.3 Å². The average Bonchev–Trinajstić information content (AvgIpc) is 4.40. The lowest BCUT2D eigenvalue weighted by Crippen LogP contribution is -2.62. The van der Waals surface area contributed by atoms with Crippen molar-refractivity contribution in [3.63, 3.8) is 0 Å². The van der Waals surface area contributed by atoms with Crippen LogP contribution >= 0.6 is 0 Å². The van der Waals surface area contributed by atoms with Gasteiger partial charge in [0.05, 0.1) is 38.6 Å². The van der Waals surface area contributed by atoms with Crippen molar-refractivity contribution in [2.75, 3.05) is 26.4 Å². The molecule has 4 aliphatic rings. The van der Waals surface area contributed by atoms with Gasteiger partial charge in [-0.15, -0.1) is 0 Å². The zero-order chi connectivity index (χ0) is 56.5. The lowest BCUT2D eigenvalue weighted by Gasteiger charge is -2.44. The highest BCUT2D eigenvalue weighted by atomic mass is 16.7. The Bertz CT molecular complexity index is 1580. The molecule has 2 aliphatic heterocycles. The van der Waals surface area contributed by atoms with Crippen LogP contribution in [0, 0.1) is 23.7 Å². The first kappa shape index (κ1) is 68.9. The minimum absolute atomic E-state index is 0.0519. The van der Waals surface area contributed by atoms with E-state index < -0.39 is 98.8 Å². The van der Waals surface area contributed by atoms with E-state index in [1.807, 2.05) is 19.9 Å². The first-order valence-corrected chi connectivity index (χ1v) is 31.9. The molecule has 1 amide bonds. The molecule has 0 bridgehead atoms. The predicted octanol–water partition coefficient (Wildman–Crippen LogP) is 9.79. The van der Waals surface area contributed by atoms with Crippen molar-refractivity contribution in [2.24, 2.45) is 23.7 Å². The van der Waals surface area contributed by atoms with Crippen molar-refractivity contribution in [3.8, 4) is 0 Å². The third-order valence-electron chi connectivity index (χ3n) is 17.3. The summed E-state index contributed by atoms with van der Waals surface area (Å²) in [5.74, 6) is 3.02. The Balaban J connectivity index is 1.25. The number of unbranched alkanes of at least 4 members (excludes halogenated alkanes) is 20. The summed E-state index contributed by atoms with van der Waals surface area (Å²) in [5, 5.41) is 89.0. The summed E-state index contributed by atoms with van der Waals surface area (Å²) in [4.78, 5) is 13.6. The van der Waals surface area contributed by atoms with Crippen LogP contribution in [-0.4, -0.2) is 153 Å². The fourth-order valence-corrected chi connectivity index (χ4v) is 11.7. The normalized spacial score (nSPS) is 30.1. The first-order valence-electron chi connectivity index (χ1n) is 31.9. The van der Waals surface area contributed by atoms with E-state index in [1.165, 1.54) is 154 Å². The van der Waals surface area contributed by atoms with Crippen molar-refractivity contribution >= 4 is 5.91 Å². The molecule has 456 valence electrons. The highest BCUT2D eigenvalue weighted by molar-refractivity contribution is 5.80. The van der Waals surface area contributed by atoms with Gasteiger partial charge in [0, 0.05) is 0 Å². The monoisotopic (exact) mass is 1110 g/mol. The van der Waals surface area contributed by atoms with Crippen LogP contribution in [0.25, 0.3) is 0 Å². The van der Waals surface area contributed by atoms with Gasteiger partial charge in [0.1, 0.15) is 54.9 Å². The van der Waals surface area contributed by atoms with Crippen molar-refractivity contribution in [1.29, 1.82) is 0 Å². The highest BCUT2D eigenvalue weighted by Crippen LogP contribution is 2.47. The Morgan fingerprint density at radius 3 is 1.58 bits per heavy atom. The van der Waals surface area contributed by atoms with E-state index in [2.05, 4.69) is 25.2 Å². The van der Waals surface area contributed by atoms with Gasteiger partial charge in [0.2, 0.25) is 5.91 Å². The van der Waals surface area contributed by atoms with E-state index in [0.717, 1.165) is 67.8 Å². The topological polar surface area (TPSA) is 237 Å². The maximum absolute atomic E-state index is 13.6. The second kappa shape index (κ2) is 40.6. The van der Waals surface area contributed by atoms with E-state index >= 15 is 0 Å². The lowest BCUT2D eigenvalue weighted by molar-refractivity contribution is -0.334. The summed E-state index contributed by atoms with van der Waals surface area (Å²) in [6.07, 6.45) is 28.5. The SMILES string of the molecule is CCCCCCCCCCC1CC1CCCC/C=C\CCC(O)C(=O)NC(COC1OC(COC2OC(CO)C(O)C(O)C2O)C(O)C(O)C1OCC=C(C)C)C(O)CCCCCCCC1CC1CCCCCCCCCC. The fraction of sp³-hybridized carbons (Fsp3) is 0.921. The molecular weight excluding hydrogens is 995 g/mol. The number of aliphatic hydroxyl groups excluding tert-OH is 8. The number of hydrogen-bond donors (Lipinski definition) is 9. The predicted molar refractivity (Wildman–Crippen MR) is 306 cm³/mol. The van der Waals surface area contributed by atoms with Gasteiger partial charge in [-0.1, -0.05) is 205 Å². The Kier molecular flexibility index (Phi) is 35.9. The molecule has 15 heteroatoms. The first-order chi connectivity index (χ1) is 37.8. The number of allylic oxidation sites excluding steroid dienone is 3. The third kappa shape index (κ3) is 27.2. The van der Waals surface area contributed by atoms with Crippen molar-refractivity contribution in [3.05, 3.63) is 23.8 Å². The second-order valence-electron chi connectivity index (χ2n) is 24.4. The molecule has 0 aromatic carbocycles. The van der Waals surface area contributed by atoms with E-state index in [1.54, 1.807) is 6.08 Å². The third-order valence-corrected chi connectivity index (χ3v) is 17.3. The van der Waals surface area contributed by atoms with Gasteiger partial charge in [-0.2, -0.15) is 0 Å². The van der Waals surface area contributed by atoms with E-state index in [4.69, 9.17) is 23.7 Å². The molecule has 4 fully saturated rings. The van der Waals surface area contributed by atoms with E-state index in [-0.39, 0.29) is 19.6 Å². The molecule has 0 spiro atoms. The maximum Gasteiger partial charge on any atom is 0.249 e. The quantitative estimate of drug-likeness (QED) is 0.0204. The van der Waals surface area contributed by atoms with Crippen LogP contribution in [0.2, 0.25) is 0 Å². The smallest absolute Gasteiger partial charge is 0.249 e. The molecule has 4 rings (SSSR count). The number of rotatable bonds is 47. The maximum atomic E-state index is 13.6. The van der Waals surface area contributed by atoms with Gasteiger partial charge >= 0.3 is 0 Å². The van der Waals surface area contributed by atoms with Crippen molar-refractivity contribution in [1.82, 2.24) is 5.32 Å². The summed E-state index contributed by atoms with van der Waals surface area (Å²) in [7, 11) is 0. The van der Waals surface area contributed by atoms with Gasteiger partial charge in [0.15, 0.2) is 12.6 Å². The molecule has 0 radical (unpaired) electrons. The van der Waals surface area contributed by atoms with Crippen LogP contribution in [0.5, 0.6) is 0 Å². The molecule has 0 aromatic rings. The van der Waals surface area contributed by atoms with Gasteiger partial charge in [-0.05, 0) is 82.5 Å². The lowest BCUT2D eigenvalue weighted by atomic mass is 9.98. The molecule has 17 atom stereocenters. The molecule has 2 saturated carbocycles. The molecule has 78 heavy (non-hydrogen) atoms. The minimum Gasteiger partial charge on any atom is -0.394 e. The van der Waals surface area contributed by atoms with Crippen LogP contribution in [0.1, 0.15) is 240 Å². The number of carbonyl (C=O) groups is 1. The zero-order valence-electron chi connectivity index (χ0n) is 49.2. The highest BCUT2D eigenvalue weighted by Gasteiger charge is 2.49. The van der Waals surface area contributed by atoms with E-state index in [9.17, 15) is 45.6 Å². The van der Waals surface area contributed by atoms with Crippen LogP contribution in [0.4, 0.5) is 0 Å². The number of ether oxygens (including phenoxy) is 5. The summed E-state index contributed by atoms with van der Waals surface area (Å²) < 4.78 is 29.6. The van der Waals surface area contributed by atoms with Gasteiger partial charge in [0.25, 0.3) is 0 Å². The summed E-state index contributed by atoms with van der Waals surface area (Å²) in [6, 6.07) is -0.975. The molecule has 17 unspecified atom stereocenters. The zero-order valence-corrected chi connectivity index (χ0v) is 49.2.